The molecule has 3 aromatic rings. The molecular formula is C21H18Cl4N4OS. The average molecular weight is 516 g/mol. The van der Waals surface area contributed by atoms with Crippen LogP contribution in [0.2, 0.25) is 20.1 Å². The molecule has 0 unspecified atom stereocenters. The summed E-state index contributed by atoms with van der Waals surface area (Å²) in [6, 6.07) is 9.69. The van der Waals surface area contributed by atoms with Crippen LogP contribution in [0.5, 0.6) is 0 Å². The van der Waals surface area contributed by atoms with Gasteiger partial charge in [0.2, 0.25) is 0 Å². The third-order valence-corrected chi connectivity index (χ3v) is 6.49. The number of benzene rings is 2. The van der Waals surface area contributed by atoms with Gasteiger partial charge in [0.1, 0.15) is 0 Å². The van der Waals surface area contributed by atoms with Gasteiger partial charge in [0.05, 0.1) is 16.6 Å². The Bertz CT molecular complexity index is 1120. The summed E-state index contributed by atoms with van der Waals surface area (Å²) in [4.78, 5) is 12.7. The molecule has 1 amide bonds. The van der Waals surface area contributed by atoms with Crippen LogP contribution in [0.15, 0.2) is 54.2 Å². The van der Waals surface area contributed by atoms with Gasteiger partial charge < -0.3 is 9.88 Å². The molecule has 0 aliphatic carbocycles. The van der Waals surface area contributed by atoms with Gasteiger partial charge in [0.15, 0.2) is 11.0 Å². The fourth-order valence-corrected chi connectivity index (χ4v) is 4.83. The van der Waals surface area contributed by atoms with Crippen molar-refractivity contribution in [3.8, 4) is 0 Å². The average Bonchev–Trinajstić information content (AvgIpc) is 3.10. The maximum absolute atomic E-state index is 12.7. The summed E-state index contributed by atoms with van der Waals surface area (Å²) in [6.45, 7) is 6.13. The van der Waals surface area contributed by atoms with Crippen molar-refractivity contribution in [2.24, 2.45) is 0 Å². The third-order valence-electron chi connectivity index (χ3n) is 4.34. The second kappa shape index (κ2) is 10.7. The van der Waals surface area contributed by atoms with Crippen molar-refractivity contribution < 1.29 is 4.79 Å². The van der Waals surface area contributed by atoms with E-state index >= 15 is 0 Å². The van der Waals surface area contributed by atoms with Crippen LogP contribution in [-0.2, 0) is 12.3 Å². The Labute approximate surface area is 204 Å². The van der Waals surface area contributed by atoms with Crippen LogP contribution in [0.4, 0.5) is 0 Å². The highest BCUT2D eigenvalue weighted by molar-refractivity contribution is 7.98. The molecule has 162 valence electrons. The zero-order valence-electron chi connectivity index (χ0n) is 16.4. The number of carbonyl (C=O) groups is 1. The van der Waals surface area contributed by atoms with Crippen molar-refractivity contribution in [2.75, 3.05) is 0 Å². The molecule has 0 aliphatic heterocycles. The molecule has 1 atom stereocenters. The molecule has 0 fully saturated rings. The van der Waals surface area contributed by atoms with Crippen LogP contribution in [0.1, 0.15) is 34.7 Å². The molecular weight excluding hydrogens is 498 g/mol. The monoisotopic (exact) mass is 514 g/mol. The van der Waals surface area contributed by atoms with Gasteiger partial charge >= 0.3 is 0 Å². The van der Waals surface area contributed by atoms with Gasteiger partial charge in [-0.1, -0.05) is 70.3 Å². The van der Waals surface area contributed by atoms with Crippen molar-refractivity contribution in [1.82, 2.24) is 20.1 Å². The predicted molar refractivity (Wildman–Crippen MR) is 129 cm³/mol. The van der Waals surface area contributed by atoms with Crippen molar-refractivity contribution in [1.29, 1.82) is 0 Å². The Hall–Kier alpha value is -1.70. The molecule has 0 saturated carbocycles. The molecule has 31 heavy (non-hydrogen) atoms. The fourth-order valence-electron chi connectivity index (χ4n) is 2.82. The summed E-state index contributed by atoms with van der Waals surface area (Å²) in [5.41, 5.74) is 1.27. The zero-order chi connectivity index (χ0) is 22.5. The first-order chi connectivity index (χ1) is 14.8. The van der Waals surface area contributed by atoms with E-state index in [9.17, 15) is 4.79 Å². The van der Waals surface area contributed by atoms with E-state index in [1.807, 2.05) is 17.6 Å². The van der Waals surface area contributed by atoms with E-state index in [1.54, 1.807) is 30.3 Å². The number of hydrogen-bond acceptors (Lipinski definition) is 4. The number of allylic oxidation sites excluding steroid dienone is 1. The van der Waals surface area contributed by atoms with Crippen molar-refractivity contribution in [3.63, 3.8) is 0 Å². The van der Waals surface area contributed by atoms with Gasteiger partial charge in [-0.3, -0.25) is 4.79 Å². The van der Waals surface area contributed by atoms with Gasteiger partial charge in [0.25, 0.3) is 5.91 Å². The molecule has 1 N–H and O–H groups in total. The molecule has 1 heterocycles. The van der Waals surface area contributed by atoms with Crippen LogP contribution in [0, 0.1) is 0 Å². The van der Waals surface area contributed by atoms with Crippen molar-refractivity contribution in [3.05, 3.63) is 86.1 Å². The molecule has 2 aromatic carbocycles. The standard InChI is InChI=1S/C21H18Cl4N4OS/c1-3-8-29-19(12(2)26-20(30)16-7-6-15(23)10-18(16)25)27-28-21(29)31-11-13-4-5-14(22)9-17(13)24/h3-7,9-10,12H,1,8,11H2,2H3,(H,26,30)/t12-/m1/s1. The maximum Gasteiger partial charge on any atom is 0.253 e. The summed E-state index contributed by atoms with van der Waals surface area (Å²) in [5, 5.41) is 14.1. The van der Waals surface area contributed by atoms with Crippen molar-refractivity contribution >= 4 is 64.1 Å². The van der Waals surface area contributed by atoms with Gasteiger partial charge in [-0.2, -0.15) is 0 Å². The lowest BCUT2D eigenvalue weighted by Gasteiger charge is -2.16. The van der Waals surface area contributed by atoms with E-state index in [2.05, 4.69) is 22.1 Å². The first-order valence-electron chi connectivity index (χ1n) is 9.16. The van der Waals surface area contributed by atoms with Gasteiger partial charge in [-0.05, 0) is 42.8 Å². The van der Waals surface area contributed by atoms with E-state index in [0.717, 1.165) is 5.56 Å². The van der Waals surface area contributed by atoms with E-state index in [0.29, 0.717) is 43.9 Å². The van der Waals surface area contributed by atoms with E-state index in [4.69, 9.17) is 46.4 Å². The van der Waals surface area contributed by atoms with Crippen LogP contribution in [0.25, 0.3) is 0 Å². The Morgan fingerprint density at radius 3 is 2.45 bits per heavy atom. The molecule has 0 bridgehead atoms. The molecule has 0 saturated heterocycles. The van der Waals surface area contributed by atoms with Crippen LogP contribution < -0.4 is 5.32 Å². The number of carbonyl (C=O) groups excluding carboxylic acids is 1. The van der Waals surface area contributed by atoms with Gasteiger partial charge in [-0.25, -0.2) is 0 Å². The topological polar surface area (TPSA) is 59.8 Å². The van der Waals surface area contributed by atoms with Crippen LogP contribution in [0.3, 0.4) is 0 Å². The van der Waals surface area contributed by atoms with Crippen LogP contribution in [-0.4, -0.2) is 20.7 Å². The first-order valence-corrected chi connectivity index (χ1v) is 11.7. The molecule has 1 aromatic heterocycles. The highest BCUT2D eigenvalue weighted by Gasteiger charge is 2.21. The molecule has 0 spiro atoms. The summed E-state index contributed by atoms with van der Waals surface area (Å²) < 4.78 is 1.90. The molecule has 5 nitrogen and oxygen atoms in total. The minimum Gasteiger partial charge on any atom is -0.342 e. The molecule has 3 rings (SSSR count). The Kier molecular flexibility index (Phi) is 8.30. The third kappa shape index (κ3) is 5.96. The largest absolute Gasteiger partial charge is 0.342 e. The van der Waals surface area contributed by atoms with E-state index in [1.165, 1.54) is 17.8 Å². The highest BCUT2D eigenvalue weighted by Crippen LogP contribution is 2.29. The lowest BCUT2D eigenvalue weighted by molar-refractivity contribution is 0.0937. The quantitative estimate of drug-likeness (QED) is 0.263. The van der Waals surface area contributed by atoms with E-state index < -0.39 is 6.04 Å². The summed E-state index contributed by atoms with van der Waals surface area (Å²) in [6.07, 6.45) is 1.75. The Morgan fingerprint density at radius 2 is 1.81 bits per heavy atom. The second-order valence-electron chi connectivity index (χ2n) is 6.58. The Balaban J connectivity index is 1.77. The number of hydrogen-bond donors (Lipinski definition) is 1. The molecule has 0 aliphatic rings. The normalized spacial score (nSPS) is 11.9. The van der Waals surface area contributed by atoms with Gasteiger partial charge in [0, 0.05) is 27.4 Å². The predicted octanol–water partition coefficient (Wildman–Crippen LogP) is 6.86. The second-order valence-corrected chi connectivity index (χ2v) is 9.21. The first kappa shape index (κ1) is 24.0. The van der Waals surface area contributed by atoms with Gasteiger partial charge in [-0.15, -0.1) is 16.8 Å². The zero-order valence-corrected chi connectivity index (χ0v) is 20.3. The van der Waals surface area contributed by atoms with E-state index in [-0.39, 0.29) is 10.9 Å². The highest BCUT2D eigenvalue weighted by atomic mass is 35.5. The van der Waals surface area contributed by atoms with Crippen LogP contribution >= 0.6 is 58.2 Å². The smallest absolute Gasteiger partial charge is 0.253 e. The fraction of sp³-hybridized carbons (Fsp3) is 0.190. The SMILES string of the molecule is C=CCn1c(SCc2ccc(Cl)cc2Cl)nnc1[C@@H](C)NC(=O)c1ccc(Cl)cc1Cl. The lowest BCUT2D eigenvalue weighted by atomic mass is 10.2. The lowest BCUT2D eigenvalue weighted by Crippen LogP contribution is -2.29. The number of rotatable bonds is 8. The minimum atomic E-state index is -0.417. The number of nitrogens with one attached hydrogen (secondary N) is 1. The maximum atomic E-state index is 12.7. The number of aromatic nitrogens is 3. The van der Waals surface area contributed by atoms with Crippen molar-refractivity contribution in [2.45, 2.75) is 30.4 Å². The number of nitrogens with zero attached hydrogens (tertiary/aromatic N) is 3. The molecule has 10 heteroatoms. The molecule has 0 radical (unpaired) electrons. The summed E-state index contributed by atoms with van der Waals surface area (Å²) in [5.74, 6) is 0.861. The number of thioether (sulfide) groups is 1. The summed E-state index contributed by atoms with van der Waals surface area (Å²) >= 11 is 25.8. The number of halogens is 4. The number of amides is 1. The summed E-state index contributed by atoms with van der Waals surface area (Å²) in [7, 11) is 0. The Morgan fingerprint density at radius 1 is 1.13 bits per heavy atom. The minimum absolute atomic E-state index is 0.279.